The number of rotatable bonds is 5. The van der Waals surface area contributed by atoms with Crippen molar-refractivity contribution in [1.29, 1.82) is 0 Å². The second-order valence-electron chi connectivity index (χ2n) is 12.1. The van der Waals surface area contributed by atoms with Gasteiger partial charge in [0.05, 0.1) is 27.7 Å². The molecule has 0 unspecified atom stereocenters. The molecule has 11 heteroatoms. The smallest absolute Gasteiger partial charge is 0.305 e. The number of hydrogen-bond donors (Lipinski definition) is 2. The van der Waals surface area contributed by atoms with Gasteiger partial charge in [0.2, 0.25) is 5.82 Å². The normalized spacial score (nSPS) is 11.9. The van der Waals surface area contributed by atoms with Gasteiger partial charge in [-0.25, -0.2) is 9.97 Å². The maximum absolute atomic E-state index is 14.7. The van der Waals surface area contributed by atoms with Gasteiger partial charge in [0.25, 0.3) is 0 Å². The molecule has 0 saturated carbocycles. The highest BCUT2D eigenvalue weighted by atomic mass is 19.1. The molecule has 6 aromatic heterocycles. The molecule has 52 heavy (non-hydrogen) atoms. The Balaban J connectivity index is 1.48. The molecular weight excluding hydrogens is 656 g/mol. The molecule has 248 valence electrons. The van der Waals surface area contributed by atoms with Crippen LogP contribution < -0.4 is 0 Å². The summed E-state index contributed by atoms with van der Waals surface area (Å²) in [6.45, 7) is 0. The summed E-state index contributed by atoms with van der Waals surface area (Å²) < 4.78 is 14.7. The van der Waals surface area contributed by atoms with E-state index in [1.165, 1.54) is 6.07 Å². The van der Waals surface area contributed by atoms with E-state index in [0.29, 0.717) is 33.5 Å². The largest absolute Gasteiger partial charge is 0.354 e. The summed E-state index contributed by atoms with van der Waals surface area (Å²) in [5.74, 6) is -0.914. The van der Waals surface area contributed by atoms with E-state index >= 15 is 0 Å². The molecule has 8 bridgehead atoms. The van der Waals surface area contributed by atoms with Gasteiger partial charge in [0.15, 0.2) is 0 Å². The van der Waals surface area contributed by atoms with Crippen molar-refractivity contribution in [2.45, 2.75) is 0 Å². The number of halogens is 1. The molecule has 10 nitrogen and oxygen atoms in total. The lowest BCUT2D eigenvalue weighted by molar-refractivity contribution is -0.387. The number of nitrogens with one attached hydrogen (secondary N) is 2. The lowest BCUT2D eigenvalue weighted by atomic mass is 10.0. The van der Waals surface area contributed by atoms with E-state index < -0.39 is 16.4 Å². The molecule has 0 radical (unpaired) electrons. The van der Waals surface area contributed by atoms with Crippen molar-refractivity contribution in [3.8, 4) is 44.5 Å². The number of pyridine rings is 3. The van der Waals surface area contributed by atoms with Gasteiger partial charge >= 0.3 is 5.69 Å². The number of aromatic amines is 2. The third-order valence-electron chi connectivity index (χ3n) is 9.09. The Bertz CT molecular complexity index is 2640. The second kappa shape index (κ2) is 12.5. The SMILES string of the molecule is O=[N+]([O-])c1cc(-c2c3ccc([nH]3)c(-c3ccncc3)c3nc(c(-c4ccncc4)c4nc(c(-c5ccncc5)c5ccc2[nH]5)C=C4)C=C3)ccc1F. The number of nitrogens with zero attached hydrogens (tertiary/aromatic N) is 6. The van der Waals surface area contributed by atoms with Crippen LogP contribution in [0.4, 0.5) is 10.1 Å². The number of nitro benzene ring substituents is 1. The number of fused-ring (bicyclic) bond motifs is 8. The summed E-state index contributed by atoms with van der Waals surface area (Å²) in [4.78, 5) is 41.5. The molecule has 2 N–H and O–H groups in total. The summed E-state index contributed by atoms with van der Waals surface area (Å²) in [7, 11) is 0. The quantitative estimate of drug-likeness (QED) is 0.136. The molecule has 2 aliphatic heterocycles. The predicted molar refractivity (Wildman–Crippen MR) is 201 cm³/mol. The Kier molecular flexibility index (Phi) is 7.36. The van der Waals surface area contributed by atoms with Crippen molar-refractivity contribution in [3.05, 3.63) is 155 Å². The van der Waals surface area contributed by atoms with Crippen LogP contribution in [0.25, 0.3) is 90.9 Å². The van der Waals surface area contributed by atoms with E-state index in [1.54, 1.807) is 43.2 Å². The minimum absolute atomic E-state index is 0.450. The van der Waals surface area contributed by atoms with E-state index in [-0.39, 0.29) is 0 Å². The number of nitro groups is 1. The second-order valence-corrected chi connectivity index (χ2v) is 12.1. The summed E-state index contributed by atoms with van der Waals surface area (Å²) >= 11 is 0. The van der Waals surface area contributed by atoms with Crippen LogP contribution >= 0.6 is 0 Å². The highest BCUT2D eigenvalue weighted by Gasteiger charge is 2.21. The molecule has 0 atom stereocenters. The zero-order chi connectivity index (χ0) is 35.2. The molecular formula is C41H25FN8O2. The first-order chi connectivity index (χ1) is 25.5. The topological polar surface area (TPSA) is 139 Å². The maximum Gasteiger partial charge on any atom is 0.305 e. The fourth-order valence-electron chi connectivity index (χ4n) is 6.78. The van der Waals surface area contributed by atoms with Crippen molar-refractivity contribution in [2.24, 2.45) is 0 Å². The summed E-state index contributed by atoms with van der Waals surface area (Å²) in [6.07, 6.45) is 18.4. The monoisotopic (exact) mass is 680 g/mol. The van der Waals surface area contributed by atoms with Crippen molar-refractivity contribution in [2.75, 3.05) is 0 Å². The molecule has 1 aromatic carbocycles. The zero-order valence-electron chi connectivity index (χ0n) is 27.2. The first kappa shape index (κ1) is 30.6. The molecule has 0 spiro atoms. The first-order valence-electron chi connectivity index (χ1n) is 16.3. The van der Waals surface area contributed by atoms with E-state index in [1.807, 2.05) is 85.0 Å². The maximum atomic E-state index is 14.7. The van der Waals surface area contributed by atoms with Gasteiger partial charge in [-0.2, -0.15) is 4.39 Å². The third kappa shape index (κ3) is 5.33. The standard InChI is InChI=1S/C41H25FN8O2/c42-28-2-1-27(23-37(28)50(51)52)41-35-9-7-33(48-35)39(25-13-19-44-20-14-25)31-5-3-29(46-31)38(24-11-17-43-18-12-24)30-4-6-32(47-30)40(26-15-21-45-22-16-26)34-8-10-36(41)49-34/h1-23,48-49H. The molecule has 2 aliphatic rings. The molecule has 0 amide bonds. The van der Waals surface area contributed by atoms with Gasteiger partial charge in [0, 0.05) is 87.6 Å². The Morgan fingerprint density at radius 2 is 0.865 bits per heavy atom. The number of aromatic nitrogens is 7. The number of hydrogen-bond acceptors (Lipinski definition) is 7. The van der Waals surface area contributed by atoms with Gasteiger partial charge in [-0.05, 0) is 113 Å². The highest BCUT2D eigenvalue weighted by molar-refractivity contribution is 6.00. The van der Waals surface area contributed by atoms with Gasteiger partial charge in [-0.3, -0.25) is 25.1 Å². The molecule has 0 aliphatic carbocycles. The van der Waals surface area contributed by atoms with Gasteiger partial charge in [-0.1, -0.05) is 6.07 Å². The summed E-state index contributed by atoms with van der Waals surface area (Å²) in [6, 6.07) is 23.2. The minimum atomic E-state index is -0.914. The van der Waals surface area contributed by atoms with Gasteiger partial charge < -0.3 is 9.97 Å². The highest BCUT2D eigenvalue weighted by Crippen LogP contribution is 2.38. The fraction of sp³-hybridized carbons (Fsp3) is 0. The van der Waals surface area contributed by atoms with Crippen LogP contribution in [-0.4, -0.2) is 39.8 Å². The average molecular weight is 681 g/mol. The Morgan fingerprint density at radius 1 is 0.481 bits per heavy atom. The van der Waals surface area contributed by atoms with Crippen molar-refractivity contribution >= 4 is 52.1 Å². The van der Waals surface area contributed by atoms with Crippen LogP contribution in [0.1, 0.15) is 22.8 Å². The van der Waals surface area contributed by atoms with Crippen LogP contribution in [-0.2, 0) is 0 Å². The minimum Gasteiger partial charge on any atom is -0.354 e. The molecule has 8 heterocycles. The van der Waals surface area contributed by atoms with Crippen LogP contribution in [0.5, 0.6) is 0 Å². The Labute approximate surface area is 295 Å². The number of benzene rings is 1. The van der Waals surface area contributed by atoms with E-state index in [4.69, 9.17) is 9.97 Å². The lowest BCUT2D eigenvalue weighted by Crippen LogP contribution is -1.93. The van der Waals surface area contributed by atoms with Crippen molar-refractivity contribution < 1.29 is 9.31 Å². The summed E-state index contributed by atoms with van der Waals surface area (Å²) in [5.41, 5.74) is 11.3. The van der Waals surface area contributed by atoms with Crippen molar-refractivity contribution in [3.63, 3.8) is 0 Å². The Morgan fingerprint density at radius 3 is 1.29 bits per heavy atom. The molecule has 9 rings (SSSR count). The van der Waals surface area contributed by atoms with E-state index in [0.717, 1.165) is 61.9 Å². The van der Waals surface area contributed by atoms with Gasteiger partial charge in [0.1, 0.15) is 0 Å². The molecule has 7 aromatic rings. The van der Waals surface area contributed by atoms with Crippen LogP contribution in [0.15, 0.2) is 116 Å². The fourth-order valence-corrected chi connectivity index (χ4v) is 6.78. The van der Waals surface area contributed by atoms with Crippen molar-refractivity contribution in [1.82, 2.24) is 34.9 Å². The van der Waals surface area contributed by atoms with E-state index in [9.17, 15) is 14.5 Å². The van der Waals surface area contributed by atoms with Crippen LogP contribution in [0, 0.1) is 15.9 Å². The lowest BCUT2D eigenvalue weighted by Gasteiger charge is -2.07. The number of H-pyrrole nitrogens is 2. The van der Waals surface area contributed by atoms with Crippen LogP contribution in [0.3, 0.4) is 0 Å². The van der Waals surface area contributed by atoms with Gasteiger partial charge in [-0.15, -0.1) is 0 Å². The van der Waals surface area contributed by atoms with Crippen LogP contribution in [0.2, 0.25) is 0 Å². The Hall–Kier alpha value is -7.40. The molecule has 0 fully saturated rings. The first-order valence-corrected chi connectivity index (χ1v) is 16.3. The average Bonchev–Trinajstić information content (AvgIpc) is 4.01. The van der Waals surface area contributed by atoms with E-state index in [2.05, 4.69) is 24.9 Å². The summed E-state index contributed by atoms with van der Waals surface area (Å²) in [5, 5.41) is 11.9. The third-order valence-corrected chi connectivity index (χ3v) is 9.09. The molecule has 0 saturated heterocycles. The predicted octanol–water partition coefficient (Wildman–Crippen LogP) is 9.56. The zero-order valence-corrected chi connectivity index (χ0v) is 27.2.